The number of rotatable bonds is 0. The summed E-state index contributed by atoms with van der Waals surface area (Å²) in [5.74, 6) is 0. The summed E-state index contributed by atoms with van der Waals surface area (Å²) in [6, 6.07) is 0. The van der Waals surface area contributed by atoms with Gasteiger partial charge in [-0.25, -0.2) is 4.79 Å². The molecule has 0 unspecified atom stereocenters. The van der Waals surface area contributed by atoms with Crippen LogP contribution in [0.5, 0.6) is 0 Å². The molecule has 0 fully saturated rings. The monoisotopic (exact) mass is 162 g/mol. The van der Waals surface area contributed by atoms with Crippen molar-refractivity contribution in [1.29, 1.82) is 0 Å². The molecule has 0 saturated carbocycles. The fraction of sp³-hybridized carbons (Fsp3) is 0. The molecule has 0 spiro atoms. The van der Waals surface area contributed by atoms with E-state index in [4.69, 9.17) is 11.6 Å². The lowest BCUT2D eigenvalue weighted by Gasteiger charge is -1.85. The van der Waals surface area contributed by atoms with Gasteiger partial charge in [0, 0.05) is 6.20 Å². The highest BCUT2D eigenvalue weighted by molar-refractivity contribution is 7.71. The van der Waals surface area contributed by atoms with Crippen LogP contribution in [0.3, 0.4) is 0 Å². The highest BCUT2D eigenvalue weighted by Crippen LogP contribution is 2.01. The number of aromatic nitrogens is 2. The Morgan fingerprint density at radius 2 is 2.33 bits per heavy atom. The Bertz CT molecular complexity index is 315. The zero-order valence-electron chi connectivity index (χ0n) is 4.27. The summed E-state index contributed by atoms with van der Waals surface area (Å²) in [5, 5.41) is 0.351. The minimum Gasteiger partial charge on any atom is -0.313 e. The SMILES string of the molecule is O=c1[nH]cc(Cl)c(=S)[nH]1. The highest BCUT2D eigenvalue weighted by Gasteiger charge is 1.87. The van der Waals surface area contributed by atoms with E-state index in [1.165, 1.54) is 6.20 Å². The molecule has 0 bridgehead atoms. The Morgan fingerprint density at radius 1 is 1.67 bits per heavy atom. The first-order chi connectivity index (χ1) is 4.20. The van der Waals surface area contributed by atoms with Crippen molar-refractivity contribution in [2.75, 3.05) is 0 Å². The third-order valence-electron chi connectivity index (χ3n) is 0.774. The number of aromatic amines is 2. The third kappa shape index (κ3) is 1.40. The van der Waals surface area contributed by atoms with Crippen LogP contribution in [0.15, 0.2) is 11.0 Å². The summed E-state index contributed by atoms with van der Waals surface area (Å²) >= 11 is 10.1. The molecule has 48 valence electrons. The van der Waals surface area contributed by atoms with Gasteiger partial charge in [-0.3, -0.25) is 4.98 Å². The summed E-state index contributed by atoms with van der Waals surface area (Å²) in [4.78, 5) is 15.0. The minimum atomic E-state index is -0.343. The second kappa shape index (κ2) is 2.33. The van der Waals surface area contributed by atoms with Crippen LogP contribution in [0.25, 0.3) is 0 Å². The predicted molar refractivity (Wildman–Crippen MR) is 37.3 cm³/mol. The van der Waals surface area contributed by atoms with Crippen LogP contribution in [0.1, 0.15) is 0 Å². The normalized spacial score (nSPS) is 9.44. The Labute approximate surface area is 60.7 Å². The van der Waals surface area contributed by atoms with Gasteiger partial charge in [-0.15, -0.1) is 0 Å². The Hall–Kier alpha value is -0.610. The van der Waals surface area contributed by atoms with Crippen LogP contribution in [-0.4, -0.2) is 9.97 Å². The summed E-state index contributed by atoms with van der Waals surface area (Å²) in [5.41, 5.74) is -0.343. The lowest BCUT2D eigenvalue weighted by atomic mass is 10.7. The van der Waals surface area contributed by atoms with E-state index in [-0.39, 0.29) is 10.3 Å². The molecule has 9 heavy (non-hydrogen) atoms. The van der Waals surface area contributed by atoms with Crippen molar-refractivity contribution < 1.29 is 0 Å². The van der Waals surface area contributed by atoms with Gasteiger partial charge in [0.1, 0.15) is 4.64 Å². The topological polar surface area (TPSA) is 48.6 Å². The zero-order valence-corrected chi connectivity index (χ0v) is 5.84. The van der Waals surface area contributed by atoms with Gasteiger partial charge < -0.3 is 4.98 Å². The average molecular weight is 163 g/mol. The maximum Gasteiger partial charge on any atom is 0.323 e. The van der Waals surface area contributed by atoms with Gasteiger partial charge in [-0.1, -0.05) is 23.8 Å². The van der Waals surface area contributed by atoms with Crippen molar-refractivity contribution in [3.8, 4) is 0 Å². The molecular formula is C4H3ClN2OS. The summed E-state index contributed by atoms with van der Waals surface area (Å²) in [6.07, 6.45) is 1.35. The van der Waals surface area contributed by atoms with Crippen molar-refractivity contribution in [1.82, 2.24) is 9.97 Å². The molecule has 0 saturated heterocycles. The average Bonchev–Trinajstić information content (AvgIpc) is 1.80. The third-order valence-corrected chi connectivity index (χ3v) is 1.51. The first-order valence-electron chi connectivity index (χ1n) is 2.17. The standard InChI is InChI=1S/C4H3ClN2OS/c5-2-1-6-4(8)7-3(2)9/h1H,(H2,6,7,8,9). The lowest BCUT2D eigenvalue weighted by molar-refractivity contribution is 1.06. The maximum atomic E-state index is 10.4. The second-order valence-electron chi connectivity index (χ2n) is 1.42. The molecule has 0 atom stereocenters. The fourth-order valence-corrected chi connectivity index (χ4v) is 0.647. The van der Waals surface area contributed by atoms with E-state index >= 15 is 0 Å². The van der Waals surface area contributed by atoms with Crippen LogP contribution in [-0.2, 0) is 0 Å². The van der Waals surface area contributed by atoms with Crippen LogP contribution >= 0.6 is 23.8 Å². The molecule has 2 N–H and O–H groups in total. The van der Waals surface area contributed by atoms with Gasteiger partial charge in [-0.2, -0.15) is 0 Å². The molecule has 1 rings (SSSR count). The molecule has 0 aliphatic rings. The number of hydrogen-bond acceptors (Lipinski definition) is 2. The van der Waals surface area contributed by atoms with Gasteiger partial charge in [0.2, 0.25) is 0 Å². The molecular weight excluding hydrogens is 160 g/mol. The van der Waals surface area contributed by atoms with Crippen LogP contribution in [0.4, 0.5) is 0 Å². The van der Waals surface area contributed by atoms with Crippen molar-refractivity contribution in [2.24, 2.45) is 0 Å². The molecule has 0 aromatic carbocycles. The molecule has 0 radical (unpaired) electrons. The highest BCUT2D eigenvalue weighted by atomic mass is 35.5. The fourth-order valence-electron chi connectivity index (χ4n) is 0.393. The largest absolute Gasteiger partial charge is 0.323 e. The molecule has 0 aliphatic heterocycles. The van der Waals surface area contributed by atoms with Gasteiger partial charge in [-0.05, 0) is 0 Å². The molecule has 3 nitrogen and oxygen atoms in total. The lowest BCUT2D eigenvalue weighted by Crippen LogP contribution is -2.08. The van der Waals surface area contributed by atoms with E-state index in [0.717, 1.165) is 0 Å². The smallest absolute Gasteiger partial charge is 0.313 e. The van der Waals surface area contributed by atoms with Crippen LogP contribution < -0.4 is 5.69 Å². The Morgan fingerprint density at radius 3 is 2.78 bits per heavy atom. The zero-order chi connectivity index (χ0) is 6.85. The van der Waals surface area contributed by atoms with E-state index in [0.29, 0.717) is 5.02 Å². The summed E-state index contributed by atoms with van der Waals surface area (Å²) < 4.78 is 0.264. The Kier molecular flexibility index (Phi) is 1.68. The van der Waals surface area contributed by atoms with E-state index in [9.17, 15) is 4.79 Å². The van der Waals surface area contributed by atoms with Crippen molar-refractivity contribution >= 4 is 23.8 Å². The first-order valence-corrected chi connectivity index (χ1v) is 2.96. The second-order valence-corrected chi connectivity index (χ2v) is 2.24. The summed E-state index contributed by atoms with van der Waals surface area (Å²) in [7, 11) is 0. The van der Waals surface area contributed by atoms with Gasteiger partial charge in [0.05, 0.1) is 5.02 Å². The van der Waals surface area contributed by atoms with Crippen LogP contribution in [0.2, 0.25) is 5.02 Å². The molecule has 1 aromatic heterocycles. The Balaban J connectivity index is 3.52. The first kappa shape index (κ1) is 6.51. The van der Waals surface area contributed by atoms with Crippen molar-refractivity contribution in [3.63, 3.8) is 0 Å². The van der Waals surface area contributed by atoms with Gasteiger partial charge >= 0.3 is 5.69 Å². The van der Waals surface area contributed by atoms with E-state index < -0.39 is 0 Å². The van der Waals surface area contributed by atoms with Crippen molar-refractivity contribution in [3.05, 3.63) is 26.3 Å². The number of nitrogens with one attached hydrogen (secondary N) is 2. The summed E-state index contributed by atoms with van der Waals surface area (Å²) in [6.45, 7) is 0. The molecule has 5 heteroatoms. The molecule has 0 aliphatic carbocycles. The number of halogens is 1. The van der Waals surface area contributed by atoms with E-state index in [1.807, 2.05) is 0 Å². The number of H-pyrrole nitrogens is 2. The molecule has 1 heterocycles. The maximum absolute atomic E-state index is 10.4. The van der Waals surface area contributed by atoms with Gasteiger partial charge in [0.25, 0.3) is 0 Å². The van der Waals surface area contributed by atoms with Gasteiger partial charge in [0.15, 0.2) is 0 Å². The quantitative estimate of drug-likeness (QED) is 0.561. The molecule has 1 aromatic rings. The van der Waals surface area contributed by atoms with E-state index in [1.54, 1.807) is 0 Å². The predicted octanol–water partition coefficient (Wildman–Crippen LogP) is 1.09. The van der Waals surface area contributed by atoms with Crippen molar-refractivity contribution in [2.45, 2.75) is 0 Å². The molecule has 0 amide bonds. The van der Waals surface area contributed by atoms with E-state index in [2.05, 4.69) is 22.2 Å². The van der Waals surface area contributed by atoms with Crippen LogP contribution in [0, 0.1) is 4.64 Å². The minimum absolute atomic E-state index is 0.264. The number of hydrogen-bond donors (Lipinski definition) is 2.